The van der Waals surface area contributed by atoms with Gasteiger partial charge >= 0.3 is 0 Å². The predicted octanol–water partition coefficient (Wildman–Crippen LogP) is 6.31. The standard InChI is InChI=1S/C24H19ClN2/c25-21-11-13-22(14-12-21)27-23(15-18-7-3-1-4-8-18)20(17-26)16-24(27)19-9-5-2-6-10-19/h1-14,24H,15-16H2. The second-order valence-electron chi connectivity index (χ2n) is 6.68. The van der Waals surface area contributed by atoms with Crippen LogP contribution in [0, 0.1) is 11.3 Å². The number of benzene rings is 3. The van der Waals surface area contributed by atoms with E-state index < -0.39 is 0 Å². The molecule has 1 heterocycles. The summed E-state index contributed by atoms with van der Waals surface area (Å²) in [6.07, 6.45) is 1.45. The quantitative estimate of drug-likeness (QED) is 0.538. The van der Waals surface area contributed by atoms with E-state index in [1.807, 2.05) is 48.5 Å². The third-order valence-electron chi connectivity index (χ3n) is 4.99. The lowest BCUT2D eigenvalue weighted by molar-refractivity contribution is 0.719. The lowest BCUT2D eigenvalue weighted by atomic mass is 10.0. The molecule has 1 unspecified atom stereocenters. The van der Waals surface area contributed by atoms with E-state index in [0.29, 0.717) is 11.4 Å². The van der Waals surface area contributed by atoms with Crippen molar-refractivity contribution < 1.29 is 0 Å². The molecule has 0 aliphatic carbocycles. The third kappa shape index (κ3) is 3.60. The van der Waals surface area contributed by atoms with E-state index in [1.165, 1.54) is 11.1 Å². The van der Waals surface area contributed by atoms with Crippen LogP contribution in [0.3, 0.4) is 0 Å². The molecule has 0 saturated heterocycles. The van der Waals surface area contributed by atoms with Gasteiger partial charge in [-0.1, -0.05) is 72.3 Å². The van der Waals surface area contributed by atoms with Gasteiger partial charge in [-0.05, 0) is 35.4 Å². The summed E-state index contributed by atoms with van der Waals surface area (Å²) in [5, 5.41) is 10.5. The zero-order valence-corrected chi connectivity index (χ0v) is 15.6. The number of hydrogen-bond acceptors (Lipinski definition) is 2. The van der Waals surface area contributed by atoms with E-state index in [4.69, 9.17) is 11.6 Å². The Labute approximate surface area is 164 Å². The minimum absolute atomic E-state index is 0.112. The van der Waals surface area contributed by atoms with E-state index in [2.05, 4.69) is 47.4 Å². The van der Waals surface area contributed by atoms with Crippen molar-refractivity contribution in [3.63, 3.8) is 0 Å². The molecule has 3 aromatic rings. The van der Waals surface area contributed by atoms with Gasteiger partial charge in [0.15, 0.2) is 0 Å². The fourth-order valence-corrected chi connectivity index (χ4v) is 3.83. The normalized spacial score (nSPS) is 16.4. The van der Waals surface area contributed by atoms with Crippen LogP contribution in [-0.4, -0.2) is 0 Å². The van der Waals surface area contributed by atoms with Gasteiger partial charge in [-0.15, -0.1) is 0 Å². The van der Waals surface area contributed by atoms with Crippen LogP contribution in [0.4, 0.5) is 5.69 Å². The highest BCUT2D eigenvalue weighted by Crippen LogP contribution is 2.43. The van der Waals surface area contributed by atoms with Gasteiger partial charge < -0.3 is 4.90 Å². The zero-order chi connectivity index (χ0) is 18.6. The number of allylic oxidation sites excluding steroid dienone is 1. The van der Waals surface area contributed by atoms with Crippen molar-refractivity contribution in [3.8, 4) is 6.07 Å². The van der Waals surface area contributed by atoms with Gasteiger partial charge in [-0.2, -0.15) is 5.26 Å². The average molecular weight is 371 g/mol. The maximum absolute atomic E-state index is 9.83. The highest BCUT2D eigenvalue weighted by atomic mass is 35.5. The Morgan fingerprint density at radius 2 is 1.52 bits per heavy atom. The smallest absolute Gasteiger partial charge is 0.0966 e. The van der Waals surface area contributed by atoms with Crippen LogP contribution < -0.4 is 4.90 Å². The maximum Gasteiger partial charge on any atom is 0.0966 e. The Morgan fingerprint density at radius 3 is 2.15 bits per heavy atom. The molecule has 0 saturated carbocycles. The lowest BCUT2D eigenvalue weighted by Gasteiger charge is -2.30. The first kappa shape index (κ1) is 17.4. The minimum Gasteiger partial charge on any atom is -0.336 e. The summed E-state index contributed by atoms with van der Waals surface area (Å²) < 4.78 is 0. The molecule has 0 aromatic heterocycles. The Bertz CT molecular complexity index is 986. The molecular formula is C24H19ClN2. The van der Waals surface area contributed by atoms with E-state index in [0.717, 1.165) is 23.4 Å². The number of anilines is 1. The van der Waals surface area contributed by atoms with Crippen LogP contribution in [0.25, 0.3) is 0 Å². The van der Waals surface area contributed by atoms with Crippen LogP contribution in [-0.2, 0) is 6.42 Å². The van der Waals surface area contributed by atoms with Crippen LogP contribution >= 0.6 is 11.6 Å². The highest BCUT2D eigenvalue weighted by molar-refractivity contribution is 6.30. The van der Waals surface area contributed by atoms with Crippen molar-refractivity contribution in [2.24, 2.45) is 0 Å². The molecule has 4 rings (SSSR count). The van der Waals surface area contributed by atoms with E-state index in [1.54, 1.807) is 0 Å². The van der Waals surface area contributed by atoms with Crippen molar-refractivity contribution in [3.05, 3.63) is 112 Å². The van der Waals surface area contributed by atoms with Crippen LogP contribution in [0.2, 0.25) is 5.02 Å². The summed E-state index contributed by atoms with van der Waals surface area (Å²) in [4.78, 5) is 2.30. The lowest BCUT2D eigenvalue weighted by Crippen LogP contribution is -2.24. The molecular weight excluding hydrogens is 352 g/mol. The highest BCUT2D eigenvalue weighted by Gasteiger charge is 2.33. The minimum atomic E-state index is 0.112. The first-order valence-electron chi connectivity index (χ1n) is 9.02. The Kier molecular flexibility index (Phi) is 4.96. The number of nitriles is 1. The van der Waals surface area contributed by atoms with Gasteiger partial charge in [0.2, 0.25) is 0 Å². The molecule has 0 amide bonds. The van der Waals surface area contributed by atoms with Gasteiger partial charge in [0.05, 0.1) is 17.7 Å². The summed E-state index contributed by atoms with van der Waals surface area (Å²) >= 11 is 6.11. The van der Waals surface area contributed by atoms with Crippen molar-refractivity contribution >= 4 is 17.3 Å². The van der Waals surface area contributed by atoms with Gasteiger partial charge in [0.1, 0.15) is 0 Å². The number of hydrogen-bond donors (Lipinski definition) is 0. The molecule has 1 atom stereocenters. The molecule has 0 N–H and O–H groups in total. The monoisotopic (exact) mass is 370 g/mol. The molecule has 0 spiro atoms. The molecule has 0 bridgehead atoms. The average Bonchev–Trinajstić information content (AvgIpc) is 3.08. The summed E-state index contributed by atoms with van der Waals surface area (Å²) in [6.45, 7) is 0. The molecule has 0 radical (unpaired) electrons. The van der Waals surface area contributed by atoms with Gasteiger partial charge in [0, 0.05) is 29.2 Å². The van der Waals surface area contributed by atoms with Crippen LogP contribution in [0.1, 0.15) is 23.6 Å². The Morgan fingerprint density at radius 1 is 0.889 bits per heavy atom. The summed E-state index contributed by atoms with van der Waals surface area (Å²) in [6, 6.07) is 31.1. The third-order valence-corrected chi connectivity index (χ3v) is 5.24. The van der Waals surface area contributed by atoms with Crippen molar-refractivity contribution in [2.75, 3.05) is 4.90 Å². The summed E-state index contributed by atoms with van der Waals surface area (Å²) in [7, 11) is 0. The van der Waals surface area contributed by atoms with Crippen molar-refractivity contribution in [1.82, 2.24) is 0 Å². The van der Waals surface area contributed by atoms with E-state index in [-0.39, 0.29) is 6.04 Å². The first-order valence-corrected chi connectivity index (χ1v) is 9.40. The summed E-state index contributed by atoms with van der Waals surface area (Å²) in [5.74, 6) is 0. The zero-order valence-electron chi connectivity index (χ0n) is 14.8. The van der Waals surface area contributed by atoms with E-state index >= 15 is 0 Å². The second kappa shape index (κ2) is 7.70. The Hall–Kier alpha value is -3.02. The van der Waals surface area contributed by atoms with Crippen LogP contribution in [0.5, 0.6) is 0 Å². The number of rotatable bonds is 4. The molecule has 0 fully saturated rings. The van der Waals surface area contributed by atoms with Crippen LogP contribution in [0.15, 0.2) is 96.2 Å². The maximum atomic E-state index is 9.83. The molecule has 1 aliphatic rings. The fraction of sp³-hybridized carbons (Fsp3) is 0.125. The SMILES string of the molecule is N#CC1=C(Cc2ccccc2)N(c2ccc(Cl)cc2)C(c2ccccc2)C1. The Balaban J connectivity index is 1.80. The summed E-state index contributed by atoms with van der Waals surface area (Å²) in [5.41, 5.74) is 5.39. The molecule has 27 heavy (non-hydrogen) atoms. The first-order chi connectivity index (χ1) is 13.3. The fourth-order valence-electron chi connectivity index (χ4n) is 3.71. The van der Waals surface area contributed by atoms with E-state index in [9.17, 15) is 5.26 Å². The van der Waals surface area contributed by atoms with Crippen molar-refractivity contribution in [2.45, 2.75) is 18.9 Å². The topological polar surface area (TPSA) is 27.0 Å². The number of nitrogens with zero attached hydrogens (tertiary/aromatic N) is 2. The molecule has 3 heteroatoms. The predicted molar refractivity (Wildman–Crippen MR) is 111 cm³/mol. The second-order valence-corrected chi connectivity index (χ2v) is 7.11. The molecule has 3 aromatic carbocycles. The largest absolute Gasteiger partial charge is 0.336 e. The molecule has 1 aliphatic heterocycles. The van der Waals surface area contributed by atoms with Gasteiger partial charge in [0.25, 0.3) is 0 Å². The van der Waals surface area contributed by atoms with Gasteiger partial charge in [-0.3, -0.25) is 0 Å². The molecule has 2 nitrogen and oxygen atoms in total. The molecule has 132 valence electrons. The van der Waals surface area contributed by atoms with Gasteiger partial charge in [-0.25, -0.2) is 0 Å². The number of halogens is 1. The van der Waals surface area contributed by atoms with Crippen molar-refractivity contribution in [1.29, 1.82) is 5.26 Å².